The third-order valence-electron chi connectivity index (χ3n) is 9.15. The van der Waals surface area contributed by atoms with Crippen molar-refractivity contribution in [2.45, 2.75) is 50.7 Å². The predicted octanol–water partition coefficient (Wildman–Crippen LogP) is 5.68. The van der Waals surface area contributed by atoms with Crippen LogP contribution in [0.2, 0.25) is 0 Å². The zero-order valence-electron chi connectivity index (χ0n) is 24.3. The van der Waals surface area contributed by atoms with E-state index in [9.17, 15) is 18.7 Å². The van der Waals surface area contributed by atoms with E-state index in [1.54, 1.807) is 24.0 Å². The van der Waals surface area contributed by atoms with Crippen molar-refractivity contribution >= 4 is 33.3 Å². The molecule has 0 saturated carbocycles. The SMILES string of the molecule is CCc1c(F)ccc2cc(O)cc(-c3ncc4c(N5CCC=CC(=O)C5)nc(OC[C@@]56CCCN5C[C@H](F)C6)nc4c3F)c12. The first-order valence-corrected chi connectivity index (χ1v) is 15.0. The number of phenolic OH excluding ortho intramolecular Hbond substituents is 1. The summed E-state index contributed by atoms with van der Waals surface area (Å²) in [5.41, 5.74) is -0.0535. The number of carbonyl (C=O) groups excluding carboxylic acids is 1. The molecule has 2 atom stereocenters. The van der Waals surface area contributed by atoms with Gasteiger partial charge in [-0.3, -0.25) is 14.7 Å². The van der Waals surface area contributed by atoms with Crippen LogP contribution >= 0.6 is 0 Å². The fourth-order valence-electron chi connectivity index (χ4n) is 7.14. The maximum absolute atomic E-state index is 16.7. The van der Waals surface area contributed by atoms with Crippen LogP contribution in [-0.2, 0) is 11.2 Å². The lowest BCUT2D eigenvalue weighted by atomic mass is 9.94. The fraction of sp³-hybridized carbons (Fsp3) is 0.394. The topological polar surface area (TPSA) is 91.7 Å². The maximum Gasteiger partial charge on any atom is 0.319 e. The lowest BCUT2D eigenvalue weighted by Gasteiger charge is -2.31. The van der Waals surface area contributed by atoms with Gasteiger partial charge in [0.1, 0.15) is 41.4 Å². The van der Waals surface area contributed by atoms with Gasteiger partial charge in [0.05, 0.1) is 17.5 Å². The van der Waals surface area contributed by atoms with Crippen molar-refractivity contribution in [3.05, 3.63) is 59.8 Å². The number of nitrogens with zero attached hydrogens (tertiary/aromatic N) is 5. The minimum absolute atomic E-state index is 0.0308. The van der Waals surface area contributed by atoms with Crippen LogP contribution in [0.25, 0.3) is 32.9 Å². The highest BCUT2D eigenvalue weighted by molar-refractivity contribution is 6.02. The maximum atomic E-state index is 16.7. The van der Waals surface area contributed by atoms with E-state index in [4.69, 9.17) is 4.74 Å². The molecular formula is C33H32F3N5O3. The van der Waals surface area contributed by atoms with Crippen molar-refractivity contribution in [3.8, 4) is 23.0 Å². The van der Waals surface area contributed by atoms with Gasteiger partial charge in [-0.05, 0) is 72.8 Å². The Hall–Kier alpha value is -4.25. The summed E-state index contributed by atoms with van der Waals surface area (Å²) in [6.45, 7) is 3.59. The van der Waals surface area contributed by atoms with Gasteiger partial charge >= 0.3 is 6.01 Å². The highest BCUT2D eigenvalue weighted by Gasteiger charge is 2.49. The first kappa shape index (κ1) is 28.5. The molecule has 0 amide bonds. The Morgan fingerprint density at radius 2 is 2.05 bits per heavy atom. The first-order chi connectivity index (χ1) is 21.3. The number of carbonyl (C=O) groups is 1. The minimum Gasteiger partial charge on any atom is -0.508 e. The molecule has 3 aliphatic rings. The number of ether oxygens (including phenoxy) is 1. The Kier molecular flexibility index (Phi) is 7.15. The molecule has 7 rings (SSSR count). The average molecular weight is 604 g/mol. The molecule has 228 valence electrons. The second-order valence-corrected chi connectivity index (χ2v) is 11.9. The summed E-state index contributed by atoms with van der Waals surface area (Å²) in [6.07, 6.45) is 6.81. The van der Waals surface area contributed by atoms with Crippen LogP contribution in [0.3, 0.4) is 0 Å². The third kappa shape index (κ3) is 4.83. The molecule has 0 bridgehead atoms. The van der Waals surface area contributed by atoms with Crippen molar-refractivity contribution in [2.75, 3.05) is 37.7 Å². The Morgan fingerprint density at radius 3 is 2.89 bits per heavy atom. The number of hydrogen-bond acceptors (Lipinski definition) is 8. The molecule has 1 N–H and O–H groups in total. The summed E-state index contributed by atoms with van der Waals surface area (Å²) < 4.78 is 52.2. The van der Waals surface area contributed by atoms with E-state index < -0.39 is 23.3 Å². The molecule has 0 aliphatic carbocycles. The van der Waals surface area contributed by atoms with Crippen LogP contribution in [0.4, 0.5) is 19.0 Å². The van der Waals surface area contributed by atoms with E-state index in [1.807, 2.05) is 0 Å². The molecule has 2 aromatic carbocycles. The molecule has 2 aromatic heterocycles. The normalized spacial score (nSPS) is 22.2. The monoisotopic (exact) mass is 603 g/mol. The van der Waals surface area contributed by atoms with E-state index in [0.717, 1.165) is 19.4 Å². The van der Waals surface area contributed by atoms with Crippen LogP contribution in [-0.4, -0.2) is 75.2 Å². The standard InChI is InChI=1S/C33H32F3N5O3/c1-2-23-26(35)8-7-19-12-22(43)13-24(27(19)23)29-28(36)30-25(15-37-29)31(40-10-4-3-6-21(42)17-40)39-32(38-30)44-18-33-9-5-11-41(33)16-20(34)14-33/h3,6-8,12-13,15,20,43H,2,4-5,9-11,14,16-18H2,1H3/t20-,33+/m1/s1. The van der Waals surface area contributed by atoms with Crippen LogP contribution in [0, 0.1) is 11.6 Å². The summed E-state index contributed by atoms with van der Waals surface area (Å²) >= 11 is 0. The molecule has 4 aromatic rings. The van der Waals surface area contributed by atoms with Gasteiger partial charge in [-0.15, -0.1) is 0 Å². The van der Waals surface area contributed by atoms with E-state index in [0.29, 0.717) is 54.5 Å². The number of alkyl halides is 1. The molecule has 5 heterocycles. The molecule has 0 unspecified atom stereocenters. The molecular weight excluding hydrogens is 571 g/mol. The predicted molar refractivity (Wildman–Crippen MR) is 161 cm³/mol. The average Bonchev–Trinajstić information content (AvgIpc) is 3.43. The summed E-state index contributed by atoms with van der Waals surface area (Å²) in [7, 11) is 0. The molecule has 2 saturated heterocycles. The molecule has 2 fully saturated rings. The van der Waals surface area contributed by atoms with Gasteiger partial charge in [-0.1, -0.05) is 19.1 Å². The van der Waals surface area contributed by atoms with Gasteiger partial charge in [-0.25, -0.2) is 13.2 Å². The van der Waals surface area contributed by atoms with Crippen molar-refractivity contribution in [1.82, 2.24) is 19.9 Å². The lowest BCUT2D eigenvalue weighted by Crippen LogP contribution is -2.43. The molecule has 11 heteroatoms. The second kappa shape index (κ2) is 11.0. The third-order valence-corrected chi connectivity index (χ3v) is 9.15. The van der Waals surface area contributed by atoms with Gasteiger partial charge in [-0.2, -0.15) is 9.97 Å². The number of anilines is 1. The Balaban J connectivity index is 1.38. The van der Waals surface area contributed by atoms with E-state index in [-0.39, 0.29) is 52.9 Å². The molecule has 8 nitrogen and oxygen atoms in total. The van der Waals surface area contributed by atoms with E-state index >= 15 is 4.39 Å². The van der Waals surface area contributed by atoms with Gasteiger partial charge in [0, 0.05) is 31.3 Å². The van der Waals surface area contributed by atoms with Crippen molar-refractivity contribution in [2.24, 2.45) is 0 Å². The van der Waals surface area contributed by atoms with Crippen LogP contribution in [0.15, 0.2) is 42.6 Å². The number of ketones is 1. The summed E-state index contributed by atoms with van der Waals surface area (Å²) in [5.74, 6) is -1.16. The van der Waals surface area contributed by atoms with Crippen molar-refractivity contribution in [3.63, 3.8) is 0 Å². The number of fused-ring (bicyclic) bond motifs is 3. The van der Waals surface area contributed by atoms with Crippen LogP contribution < -0.4 is 9.64 Å². The number of aryl methyl sites for hydroxylation is 1. The number of halogens is 3. The number of aromatic nitrogens is 3. The molecule has 0 radical (unpaired) electrons. The summed E-state index contributed by atoms with van der Waals surface area (Å²) in [4.78, 5) is 30.0. The summed E-state index contributed by atoms with van der Waals surface area (Å²) in [5, 5.41) is 11.8. The van der Waals surface area contributed by atoms with E-state index in [2.05, 4.69) is 19.9 Å². The van der Waals surface area contributed by atoms with Crippen molar-refractivity contribution < 1.29 is 27.8 Å². The second-order valence-electron chi connectivity index (χ2n) is 11.9. The van der Waals surface area contributed by atoms with Crippen LogP contribution in [0.5, 0.6) is 11.8 Å². The zero-order valence-corrected chi connectivity index (χ0v) is 24.3. The van der Waals surface area contributed by atoms with Gasteiger partial charge in [0.25, 0.3) is 0 Å². The van der Waals surface area contributed by atoms with Crippen molar-refractivity contribution in [1.29, 1.82) is 0 Å². The number of hydrogen-bond donors (Lipinski definition) is 1. The number of aromatic hydroxyl groups is 1. The highest BCUT2D eigenvalue weighted by atomic mass is 19.1. The quantitative estimate of drug-likeness (QED) is 0.301. The lowest BCUT2D eigenvalue weighted by molar-refractivity contribution is -0.113. The first-order valence-electron chi connectivity index (χ1n) is 15.0. The smallest absolute Gasteiger partial charge is 0.319 e. The van der Waals surface area contributed by atoms with E-state index in [1.165, 1.54) is 30.5 Å². The van der Waals surface area contributed by atoms with Gasteiger partial charge < -0.3 is 14.7 Å². The molecule has 44 heavy (non-hydrogen) atoms. The Morgan fingerprint density at radius 1 is 1.18 bits per heavy atom. The molecule has 3 aliphatic heterocycles. The fourth-order valence-corrected chi connectivity index (χ4v) is 7.14. The number of benzene rings is 2. The largest absolute Gasteiger partial charge is 0.508 e. The Labute approximate surface area is 252 Å². The summed E-state index contributed by atoms with van der Waals surface area (Å²) in [6, 6.07) is 5.66. The molecule has 0 spiro atoms. The van der Waals surface area contributed by atoms with Gasteiger partial charge in [0.2, 0.25) is 0 Å². The zero-order chi connectivity index (χ0) is 30.6. The highest BCUT2D eigenvalue weighted by Crippen LogP contribution is 2.42. The van der Waals surface area contributed by atoms with Crippen LogP contribution in [0.1, 0.15) is 38.2 Å². The number of rotatable bonds is 6. The number of pyridine rings is 1. The Bertz CT molecular complexity index is 1830. The van der Waals surface area contributed by atoms with Gasteiger partial charge in [0.15, 0.2) is 11.6 Å². The number of phenols is 1. The minimum atomic E-state index is -0.941.